The number of thioether (sulfide) groups is 1. The van der Waals surface area contributed by atoms with Gasteiger partial charge in [0.05, 0.1) is 12.4 Å². The molecule has 4 rings (SSSR count). The van der Waals surface area contributed by atoms with Gasteiger partial charge in [-0.2, -0.15) is 4.68 Å². The lowest BCUT2D eigenvalue weighted by molar-refractivity contribution is 0.0993. The Labute approximate surface area is 168 Å². The van der Waals surface area contributed by atoms with Crippen LogP contribution in [0.5, 0.6) is 5.75 Å². The van der Waals surface area contributed by atoms with E-state index in [1.165, 1.54) is 29.3 Å². The van der Waals surface area contributed by atoms with Crippen molar-refractivity contribution in [2.75, 3.05) is 7.11 Å². The van der Waals surface area contributed by atoms with Gasteiger partial charge in [-0.25, -0.2) is 0 Å². The number of ketones is 1. The molecule has 6 nitrogen and oxygen atoms in total. The van der Waals surface area contributed by atoms with E-state index in [9.17, 15) is 4.79 Å². The molecule has 0 radical (unpaired) electrons. The van der Waals surface area contributed by atoms with Gasteiger partial charge in [-0.3, -0.25) is 4.79 Å². The molecule has 0 spiro atoms. The van der Waals surface area contributed by atoms with Crippen LogP contribution in [0, 0.1) is 6.92 Å². The highest BCUT2D eigenvalue weighted by molar-refractivity contribution is 8.00. The molecular weight excluding hydrogens is 372 g/mol. The summed E-state index contributed by atoms with van der Waals surface area (Å²) >= 11 is 1.35. The van der Waals surface area contributed by atoms with Gasteiger partial charge in [0.15, 0.2) is 5.78 Å². The zero-order valence-electron chi connectivity index (χ0n) is 16.2. The number of nitrogens with zero attached hydrogens (tertiary/aromatic N) is 4. The second-order valence-electron chi connectivity index (χ2n) is 7.01. The van der Waals surface area contributed by atoms with E-state index in [1.807, 2.05) is 44.2 Å². The van der Waals surface area contributed by atoms with Crippen LogP contribution in [0.4, 0.5) is 0 Å². The van der Waals surface area contributed by atoms with E-state index in [0.29, 0.717) is 10.9 Å². The Morgan fingerprint density at radius 3 is 2.82 bits per heavy atom. The molecule has 0 N–H and O–H groups in total. The Morgan fingerprint density at radius 2 is 2.00 bits per heavy atom. The van der Waals surface area contributed by atoms with Gasteiger partial charge in [-0.15, -0.1) is 5.10 Å². The summed E-state index contributed by atoms with van der Waals surface area (Å²) in [7, 11) is 1.62. The molecule has 1 heterocycles. The Kier molecular flexibility index (Phi) is 5.17. The van der Waals surface area contributed by atoms with Crippen molar-refractivity contribution >= 4 is 17.5 Å². The number of hydrogen-bond donors (Lipinski definition) is 0. The van der Waals surface area contributed by atoms with Gasteiger partial charge in [0.25, 0.3) is 0 Å². The molecule has 0 fully saturated rings. The van der Waals surface area contributed by atoms with Crippen LogP contribution in [0.25, 0.3) is 5.69 Å². The fourth-order valence-electron chi connectivity index (χ4n) is 3.54. The molecule has 0 amide bonds. The van der Waals surface area contributed by atoms with Crippen molar-refractivity contribution in [3.63, 3.8) is 0 Å². The first kappa shape index (κ1) is 18.7. The normalized spacial score (nSPS) is 14.0. The van der Waals surface area contributed by atoms with Crippen LogP contribution in [0.3, 0.4) is 0 Å². The van der Waals surface area contributed by atoms with Gasteiger partial charge in [0.1, 0.15) is 11.4 Å². The summed E-state index contributed by atoms with van der Waals surface area (Å²) in [5.74, 6) is 0.766. The molecule has 0 unspecified atom stereocenters. The number of aromatic nitrogens is 4. The van der Waals surface area contributed by atoms with Gasteiger partial charge < -0.3 is 4.74 Å². The van der Waals surface area contributed by atoms with Crippen molar-refractivity contribution < 1.29 is 9.53 Å². The molecule has 1 aliphatic rings. The minimum Gasteiger partial charge on any atom is -0.494 e. The molecule has 144 valence electrons. The minimum absolute atomic E-state index is 0.0884. The van der Waals surface area contributed by atoms with Gasteiger partial charge >= 0.3 is 0 Å². The summed E-state index contributed by atoms with van der Waals surface area (Å²) < 4.78 is 7.08. The number of hydrogen-bond acceptors (Lipinski definition) is 6. The Balaban J connectivity index is 1.58. The molecule has 7 heteroatoms. The predicted molar refractivity (Wildman–Crippen MR) is 109 cm³/mol. The number of fused-ring (bicyclic) bond motifs is 1. The van der Waals surface area contributed by atoms with Crippen molar-refractivity contribution in [1.82, 2.24) is 20.2 Å². The highest BCUT2D eigenvalue weighted by Crippen LogP contribution is 2.30. The number of rotatable bonds is 6. The maximum absolute atomic E-state index is 13.0. The van der Waals surface area contributed by atoms with Crippen molar-refractivity contribution in [3.8, 4) is 11.4 Å². The molecule has 28 heavy (non-hydrogen) atoms. The third kappa shape index (κ3) is 3.54. The number of methoxy groups -OCH3 is 1. The van der Waals surface area contributed by atoms with Crippen LogP contribution in [-0.2, 0) is 12.8 Å². The maximum atomic E-state index is 13.0. The van der Waals surface area contributed by atoms with Gasteiger partial charge in [-0.1, -0.05) is 30.0 Å². The topological polar surface area (TPSA) is 69.9 Å². The Morgan fingerprint density at radius 1 is 1.18 bits per heavy atom. The van der Waals surface area contributed by atoms with Crippen LogP contribution in [0.1, 0.15) is 40.4 Å². The highest BCUT2D eigenvalue weighted by Gasteiger charge is 2.23. The number of Topliss-reactive ketones (excluding diaryl/α,β-unsaturated/α-hetero) is 1. The second-order valence-corrected chi connectivity index (χ2v) is 8.32. The third-order valence-electron chi connectivity index (χ3n) is 5.04. The molecular formula is C21H22N4O2S. The van der Waals surface area contributed by atoms with Crippen LogP contribution < -0.4 is 4.74 Å². The van der Waals surface area contributed by atoms with E-state index in [2.05, 4.69) is 21.6 Å². The lowest BCUT2D eigenvalue weighted by atomic mass is 10.0. The van der Waals surface area contributed by atoms with Crippen molar-refractivity contribution in [3.05, 3.63) is 58.7 Å². The molecule has 1 aliphatic carbocycles. The van der Waals surface area contributed by atoms with E-state index >= 15 is 0 Å². The molecule has 1 atom stereocenters. The van der Waals surface area contributed by atoms with Crippen LogP contribution >= 0.6 is 11.8 Å². The lowest BCUT2D eigenvalue weighted by Gasteiger charge is -2.13. The summed E-state index contributed by atoms with van der Waals surface area (Å²) in [5.41, 5.74) is 5.26. The Bertz CT molecular complexity index is 1030. The van der Waals surface area contributed by atoms with Crippen molar-refractivity contribution in [2.45, 2.75) is 43.5 Å². The number of benzene rings is 2. The minimum atomic E-state index is -0.306. The molecule has 0 saturated carbocycles. The fourth-order valence-corrected chi connectivity index (χ4v) is 4.42. The van der Waals surface area contributed by atoms with Gasteiger partial charge in [0.2, 0.25) is 5.16 Å². The van der Waals surface area contributed by atoms with Gasteiger partial charge in [0, 0.05) is 5.56 Å². The summed E-state index contributed by atoms with van der Waals surface area (Å²) in [4.78, 5) is 13.0. The van der Waals surface area contributed by atoms with Gasteiger partial charge in [-0.05, 0) is 78.4 Å². The summed E-state index contributed by atoms with van der Waals surface area (Å²) in [6, 6.07) is 11.9. The molecule has 0 saturated heterocycles. The number of ether oxygens (including phenoxy) is 1. The average molecular weight is 395 g/mol. The third-order valence-corrected chi connectivity index (χ3v) is 6.07. The first-order valence-corrected chi connectivity index (χ1v) is 10.2. The predicted octanol–water partition coefficient (Wildman–Crippen LogP) is 3.83. The zero-order valence-corrected chi connectivity index (χ0v) is 17.0. The zero-order chi connectivity index (χ0) is 19.7. The highest BCUT2D eigenvalue weighted by atomic mass is 32.2. The molecule has 0 aliphatic heterocycles. The molecule has 2 aromatic carbocycles. The molecule has 1 aromatic heterocycles. The van der Waals surface area contributed by atoms with E-state index in [0.717, 1.165) is 29.7 Å². The van der Waals surface area contributed by atoms with Crippen molar-refractivity contribution in [1.29, 1.82) is 0 Å². The maximum Gasteiger partial charge on any atom is 0.214 e. The van der Waals surface area contributed by atoms with E-state index in [4.69, 9.17) is 4.74 Å². The van der Waals surface area contributed by atoms with E-state index in [-0.39, 0.29) is 11.0 Å². The van der Waals surface area contributed by atoms with Crippen molar-refractivity contribution in [2.24, 2.45) is 0 Å². The second kappa shape index (κ2) is 7.75. The monoisotopic (exact) mass is 394 g/mol. The summed E-state index contributed by atoms with van der Waals surface area (Å²) in [5, 5.41) is 12.3. The summed E-state index contributed by atoms with van der Waals surface area (Å²) in [6.45, 7) is 3.90. The number of aryl methyl sites for hydroxylation is 3. The lowest BCUT2D eigenvalue weighted by Crippen LogP contribution is -2.15. The first-order valence-electron chi connectivity index (χ1n) is 9.33. The quantitative estimate of drug-likeness (QED) is 0.467. The van der Waals surface area contributed by atoms with E-state index < -0.39 is 0 Å². The largest absolute Gasteiger partial charge is 0.494 e. The smallest absolute Gasteiger partial charge is 0.214 e. The number of tetrazole rings is 1. The average Bonchev–Trinajstić information content (AvgIpc) is 3.35. The summed E-state index contributed by atoms with van der Waals surface area (Å²) in [6.07, 6.45) is 3.34. The SMILES string of the molecule is COc1ccc(C)cc1-n1nnnc1S[C@H](C)C(=O)c1ccc2c(c1)CCC2. The molecule has 3 aromatic rings. The fraction of sp³-hybridized carbons (Fsp3) is 0.333. The van der Waals surface area contributed by atoms with Crippen LogP contribution in [0.15, 0.2) is 41.6 Å². The standard InChI is InChI=1S/C21H22N4O2S/c1-13-7-10-19(27-3)18(11-13)25-21(22-23-24-25)28-14(2)20(26)17-9-8-15-5-4-6-16(15)12-17/h7-12,14H,4-6H2,1-3H3/t14-/m1/s1. The first-order chi connectivity index (χ1) is 13.6. The van der Waals surface area contributed by atoms with E-state index in [1.54, 1.807) is 11.8 Å². The van der Waals surface area contributed by atoms with Crippen LogP contribution in [0.2, 0.25) is 0 Å². The number of carbonyl (C=O) groups is 1. The number of carbonyl (C=O) groups excluding carboxylic acids is 1. The molecule has 0 bridgehead atoms. The Hall–Kier alpha value is -2.67. The van der Waals surface area contributed by atoms with Crippen LogP contribution in [-0.4, -0.2) is 38.4 Å².